The standard InChI is InChI=1S/C13H16OS/c1-9-7-13(15-10(9)2)12(14)8-11-5-3-4-6-11/h5,7H,3-4,6,8H2,1-2H3. The summed E-state index contributed by atoms with van der Waals surface area (Å²) in [5.74, 6) is 0.296. The van der Waals surface area contributed by atoms with Gasteiger partial charge in [-0.05, 0) is 44.7 Å². The summed E-state index contributed by atoms with van der Waals surface area (Å²) >= 11 is 1.63. The van der Waals surface area contributed by atoms with Gasteiger partial charge in [0, 0.05) is 11.3 Å². The summed E-state index contributed by atoms with van der Waals surface area (Å²) in [4.78, 5) is 14.1. The third kappa shape index (κ3) is 2.37. The lowest BCUT2D eigenvalue weighted by atomic mass is 10.1. The van der Waals surface area contributed by atoms with E-state index >= 15 is 0 Å². The minimum absolute atomic E-state index is 0.296. The number of Topliss-reactive ketones (excluding diaryl/α,β-unsaturated/α-hetero) is 1. The Kier molecular flexibility index (Phi) is 3.06. The quantitative estimate of drug-likeness (QED) is 0.555. The summed E-state index contributed by atoms with van der Waals surface area (Å²) in [6, 6.07) is 2.03. The Morgan fingerprint density at radius 2 is 2.27 bits per heavy atom. The Balaban J connectivity index is 2.07. The molecule has 0 N–H and O–H groups in total. The maximum Gasteiger partial charge on any atom is 0.176 e. The van der Waals surface area contributed by atoms with Crippen LogP contribution in [-0.2, 0) is 0 Å². The first-order valence-electron chi connectivity index (χ1n) is 5.45. The predicted octanol–water partition coefficient (Wildman–Crippen LogP) is 4.05. The second kappa shape index (κ2) is 4.31. The lowest BCUT2D eigenvalue weighted by Gasteiger charge is -1.98. The minimum Gasteiger partial charge on any atom is -0.293 e. The Morgan fingerprint density at radius 1 is 1.47 bits per heavy atom. The molecule has 0 amide bonds. The molecule has 1 heterocycles. The maximum atomic E-state index is 11.9. The van der Waals surface area contributed by atoms with Crippen molar-refractivity contribution in [1.82, 2.24) is 0 Å². The van der Waals surface area contributed by atoms with Crippen molar-refractivity contribution in [2.75, 3.05) is 0 Å². The van der Waals surface area contributed by atoms with Gasteiger partial charge in [0.2, 0.25) is 0 Å². The normalized spacial score (nSPS) is 15.5. The topological polar surface area (TPSA) is 17.1 Å². The third-order valence-corrected chi connectivity index (χ3v) is 4.16. The van der Waals surface area contributed by atoms with Gasteiger partial charge in [0.15, 0.2) is 5.78 Å². The van der Waals surface area contributed by atoms with Gasteiger partial charge in [-0.1, -0.05) is 11.6 Å². The third-order valence-electron chi connectivity index (χ3n) is 2.96. The number of carbonyl (C=O) groups excluding carboxylic acids is 1. The molecule has 0 bridgehead atoms. The van der Waals surface area contributed by atoms with Crippen LogP contribution in [0.15, 0.2) is 17.7 Å². The molecular weight excluding hydrogens is 204 g/mol. The molecule has 0 atom stereocenters. The second-order valence-corrected chi connectivity index (χ2v) is 5.46. The van der Waals surface area contributed by atoms with E-state index < -0.39 is 0 Å². The molecule has 2 heteroatoms. The average Bonchev–Trinajstić information content (AvgIpc) is 2.78. The molecule has 1 aromatic rings. The Bertz CT molecular complexity index is 393. The van der Waals surface area contributed by atoms with Gasteiger partial charge in [-0.3, -0.25) is 4.79 Å². The SMILES string of the molecule is Cc1cc(C(=O)CC2=CCCC2)sc1C. The lowest BCUT2D eigenvalue weighted by Crippen LogP contribution is -1.96. The largest absolute Gasteiger partial charge is 0.293 e. The first-order valence-corrected chi connectivity index (χ1v) is 6.26. The highest BCUT2D eigenvalue weighted by molar-refractivity contribution is 7.14. The van der Waals surface area contributed by atoms with E-state index in [1.807, 2.05) is 6.07 Å². The van der Waals surface area contributed by atoms with Crippen molar-refractivity contribution in [3.63, 3.8) is 0 Å². The molecule has 15 heavy (non-hydrogen) atoms. The predicted molar refractivity (Wildman–Crippen MR) is 64.7 cm³/mol. The highest BCUT2D eigenvalue weighted by Crippen LogP contribution is 2.26. The first kappa shape index (κ1) is 10.6. The number of rotatable bonds is 3. The molecule has 0 aromatic carbocycles. The van der Waals surface area contributed by atoms with Gasteiger partial charge in [-0.25, -0.2) is 0 Å². The molecular formula is C13H16OS. The summed E-state index contributed by atoms with van der Waals surface area (Å²) in [6.07, 6.45) is 6.37. The molecule has 1 nitrogen and oxygen atoms in total. The smallest absolute Gasteiger partial charge is 0.176 e. The van der Waals surface area contributed by atoms with Crippen molar-refractivity contribution < 1.29 is 4.79 Å². The van der Waals surface area contributed by atoms with Crippen molar-refractivity contribution in [3.8, 4) is 0 Å². The molecule has 0 unspecified atom stereocenters. The molecule has 0 saturated heterocycles. The van der Waals surface area contributed by atoms with Crippen LogP contribution in [0.1, 0.15) is 45.8 Å². The Hall–Kier alpha value is -0.890. The Morgan fingerprint density at radius 3 is 2.80 bits per heavy atom. The molecule has 80 valence electrons. The zero-order valence-corrected chi connectivity index (χ0v) is 10.1. The van der Waals surface area contributed by atoms with Crippen molar-refractivity contribution in [2.45, 2.75) is 39.5 Å². The van der Waals surface area contributed by atoms with E-state index in [2.05, 4.69) is 19.9 Å². The molecule has 2 rings (SSSR count). The molecule has 0 fully saturated rings. The molecule has 0 spiro atoms. The number of carbonyl (C=O) groups is 1. The van der Waals surface area contributed by atoms with E-state index in [1.54, 1.807) is 11.3 Å². The highest BCUT2D eigenvalue weighted by atomic mass is 32.1. The second-order valence-electron chi connectivity index (χ2n) is 4.20. The number of hydrogen-bond acceptors (Lipinski definition) is 2. The zero-order valence-electron chi connectivity index (χ0n) is 9.30. The molecule has 0 aliphatic heterocycles. The van der Waals surface area contributed by atoms with Crippen LogP contribution in [0.25, 0.3) is 0 Å². The van der Waals surface area contributed by atoms with Crippen molar-refractivity contribution >= 4 is 17.1 Å². The van der Waals surface area contributed by atoms with Gasteiger partial charge in [0.05, 0.1) is 4.88 Å². The lowest BCUT2D eigenvalue weighted by molar-refractivity contribution is 0.0996. The highest BCUT2D eigenvalue weighted by Gasteiger charge is 2.14. The van der Waals surface area contributed by atoms with E-state index in [4.69, 9.17) is 0 Å². The Labute approximate surface area is 94.8 Å². The summed E-state index contributed by atoms with van der Waals surface area (Å²) in [5, 5.41) is 0. The van der Waals surface area contributed by atoms with Crippen LogP contribution in [0.5, 0.6) is 0 Å². The van der Waals surface area contributed by atoms with Crippen molar-refractivity contribution in [3.05, 3.63) is 33.0 Å². The van der Waals surface area contributed by atoms with Gasteiger partial charge >= 0.3 is 0 Å². The number of aryl methyl sites for hydroxylation is 2. The number of allylic oxidation sites excluding steroid dienone is 2. The van der Waals surface area contributed by atoms with Gasteiger partial charge in [0.1, 0.15) is 0 Å². The number of hydrogen-bond donors (Lipinski definition) is 0. The first-order chi connectivity index (χ1) is 7.16. The molecule has 1 aromatic heterocycles. The molecule has 1 aliphatic rings. The average molecular weight is 220 g/mol. The fraction of sp³-hybridized carbons (Fsp3) is 0.462. The summed E-state index contributed by atoms with van der Waals surface area (Å²) in [6.45, 7) is 4.14. The summed E-state index contributed by atoms with van der Waals surface area (Å²) in [7, 11) is 0. The van der Waals surface area contributed by atoms with Crippen LogP contribution < -0.4 is 0 Å². The summed E-state index contributed by atoms with van der Waals surface area (Å²) in [5.41, 5.74) is 2.58. The van der Waals surface area contributed by atoms with E-state index in [1.165, 1.54) is 22.4 Å². The van der Waals surface area contributed by atoms with Crippen LogP contribution in [-0.4, -0.2) is 5.78 Å². The van der Waals surface area contributed by atoms with Crippen molar-refractivity contribution in [2.24, 2.45) is 0 Å². The molecule has 0 radical (unpaired) electrons. The monoisotopic (exact) mass is 220 g/mol. The van der Waals surface area contributed by atoms with Crippen LogP contribution >= 0.6 is 11.3 Å². The molecule has 1 aliphatic carbocycles. The van der Waals surface area contributed by atoms with Crippen molar-refractivity contribution in [1.29, 1.82) is 0 Å². The minimum atomic E-state index is 0.296. The van der Waals surface area contributed by atoms with Gasteiger partial charge < -0.3 is 0 Å². The summed E-state index contributed by atoms with van der Waals surface area (Å²) < 4.78 is 0. The fourth-order valence-electron chi connectivity index (χ4n) is 1.90. The number of ketones is 1. The van der Waals surface area contributed by atoms with Gasteiger partial charge in [-0.15, -0.1) is 11.3 Å². The van der Waals surface area contributed by atoms with Gasteiger partial charge in [-0.2, -0.15) is 0 Å². The van der Waals surface area contributed by atoms with E-state index in [0.717, 1.165) is 17.7 Å². The fourth-order valence-corrected chi connectivity index (χ4v) is 2.87. The van der Waals surface area contributed by atoms with Crippen LogP contribution in [0, 0.1) is 13.8 Å². The molecule has 0 saturated carbocycles. The van der Waals surface area contributed by atoms with Crippen LogP contribution in [0.2, 0.25) is 0 Å². The van der Waals surface area contributed by atoms with E-state index in [0.29, 0.717) is 12.2 Å². The van der Waals surface area contributed by atoms with E-state index in [9.17, 15) is 4.79 Å². The zero-order chi connectivity index (χ0) is 10.8. The van der Waals surface area contributed by atoms with Gasteiger partial charge in [0.25, 0.3) is 0 Å². The van der Waals surface area contributed by atoms with Crippen LogP contribution in [0.3, 0.4) is 0 Å². The van der Waals surface area contributed by atoms with E-state index in [-0.39, 0.29) is 0 Å². The maximum absolute atomic E-state index is 11.9. The number of thiophene rings is 1. The van der Waals surface area contributed by atoms with Crippen LogP contribution in [0.4, 0.5) is 0 Å².